The standard InChI is InChI=1S/C18H24N2O3/c1-12-5-4-8-20(11-12)17(21)10-14-6-7-16-15(9-14)19(3)18(22)13(2)23-16/h6-7,9,12-13H,4-5,8,10-11H2,1-3H3. The first kappa shape index (κ1) is 15.8. The molecule has 1 saturated heterocycles. The van der Waals surface area contributed by atoms with Gasteiger partial charge >= 0.3 is 0 Å². The Bertz CT molecular complexity index is 629. The molecule has 1 fully saturated rings. The fourth-order valence-corrected chi connectivity index (χ4v) is 3.37. The summed E-state index contributed by atoms with van der Waals surface area (Å²) in [6.07, 6.45) is 2.19. The van der Waals surface area contributed by atoms with Gasteiger partial charge in [-0.2, -0.15) is 0 Å². The molecule has 124 valence electrons. The zero-order valence-corrected chi connectivity index (χ0v) is 14.0. The fourth-order valence-electron chi connectivity index (χ4n) is 3.37. The minimum absolute atomic E-state index is 0.0640. The number of anilines is 1. The molecule has 23 heavy (non-hydrogen) atoms. The highest BCUT2D eigenvalue weighted by Crippen LogP contribution is 2.34. The fraction of sp³-hybridized carbons (Fsp3) is 0.556. The van der Waals surface area contributed by atoms with Crippen LogP contribution >= 0.6 is 0 Å². The number of fused-ring (bicyclic) bond motifs is 1. The summed E-state index contributed by atoms with van der Waals surface area (Å²) >= 11 is 0. The van der Waals surface area contributed by atoms with Crippen LogP contribution in [0.4, 0.5) is 5.69 Å². The summed E-state index contributed by atoms with van der Waals surface area (Å²) < 4.78 is 5.62. The maximum absolute atomic E-state index is 12.5. The number of likely N-dealkylation sites (tertiary alicyclic amines) is 1. The third-order valence-corrected chi connectivity index (χ3v) is 4.73. The molecular formula is C18H24N2O3. The Labute approximate surface area is 137 Å². The molecule has 0 radical (unpaired) electrons. The Morgan fingerprint density at radius 1 is 1.35 bits per heavy atom. The maximum Gasteiger partial charge on any atom is 0.267 e. The van der Waals surface area contributed by atoms with E-state index in [-0.39, 0.29) is 11.8 Å². The van der Waals surface area contributed by atoms with Gasteiger partial charge in [0, 0.05) is 20.1 Å². The number of carbonyl (C=O) groups is 2. The van der Waals surface area contributed by atoms with E-state index in [4.69, 9.17) is 4.74 Å². The number of likely N-dealkylation sites (N-methyl/N-ethyl adjacent to an activating group) is 1. The second-order valence-electron chi connectivity index (χ2n) is 6.72. The second kappa shape index (κ2) is 6.22. The van der Waals surface area contributed by atoms with Crippen molar-refractivity contribution in [3.63, 3.8) is 0 Å². The molecule has 2 aliphatic heterocycles. The maximum atomic E-state index is 12.5. The normalized spacial score (nSPS) is 24.2. The molecule has 0 saturated carbocycles. The molecular weight excluding hydrogens is 292 g/mol. The van der Waals surface area contributed by atoms with E-state index in [9.17, 15) is 9.59 Å². The molecule has 3 rings (SSSR count). The van der Waals surface area contributed by atoms with Crippen LogP contribution in [0, 0.1) is 5.92 Å². The van der Waals surface area contributed by atoms with E-state index in [0.717, 1.165) is 30.8 Å². The van der Waals surface area contributed by atoms with Crippen molar-refractivity contribution in [2.24, 2.45) is 5.92 Å². The first-order valence-electron chi connectivity index (χ1n) is 8.30. The number of nitrogens with zero attached hydrogens (tertiary/aromatic N) is 2. The van der Waals surface area contributed by atoms with Crippen LogP contribution in [-0.4, -0.2) is 43.0 Å². The smallest absolute Gasteiger partial charge is 0.267 e. The van der Waals surface area contributed by atoms with Gasteiger partial charge in [0.25, 0.3) is 5.91 Å². The van der Waals surface area contributed by atoms with Gasteiger partial charge < -0.3 is 14.5 Å². The molecule has 2 amide bonds. The molecule has 1 aromatic carbocycles. The molecule has 5 nitrogen and oxygen atoms in total. The Kier molecular flexibility index (Phi) is 4.28. The largest absolute Gasteiger partial charge is 0.479 e. The topological polar surface area (TPSA) is 49.9 Å². The summed E-state index contributed by atoms with van der Waals surface area (Å²) in [5.74, 6) is 1.37. The molecule has 2 atom stereocenters. The summed E-state index contributed by atoms with van der Waals surface area (Å²) in [5, 5.41) is 0. The van der Waals surface area contributed by atoms with Gasteiger partial charge in [-0.1, -0.05) is 13.0 Å². The molecule has 0 aromatic heterocycles. The van der Waals surface area contributed by atoms with Crippen molar-refractivity contribution >= 4 is 17.5 Å². The Morgan fingerprint density at radius 3 is 2.87 bits per heavy atom. The number of hydrogen-bond acceptors (Lipinski definition) is 3. The second-order valence-corrected chi connectivity index (χ2v) is 6.72. The van der Waals surface area contributed by atoms with Crippen LogP contribution < -0.4 is 9.64 Å². The molecule has 2 aliphatic rings. The van der Waals surface area contributed by atoms with Gasteiger partial charge in [-0.05, 0) is 43.4 Å². The van der Waals surface area contributed by atoms with Gasteiger partial charge in [0.1, 0.15) is 5.75 Å². The van der Waals surface area contributed by atoms with Gasteiger partial charge in [0.2, 0.25) is 5.91 Å². The van der Waals surface area contributed by atoms with Crippen molar-refractivity contribution in [1.82, 2.24) is 4.90 Å². The van der Waals surface area contributed by atoms with Gasteiger partial charge in [-0.25, -0.2) is 0 Å². The molecule has 0 N–H and O–H groups in total. The lowest BCUT2D eigenvalue weighted by Crippen LogP contribution is -2.42. The number of benzene rings is 1. The third kappa shape index (κ3) is 3.19. The molecule has 2 unspecified atom stereocenters. The number of rotatable bonds is 2. The van der Waals surface area contributed by atoms with E-state index in [1.54, 1.807) is 18.9 Å². The van der Waals surface area contributed by atoms with Crippen LogP contribution in [-0.2, 0) is 16.0 Å². The SMILES string of the molecule is CC1CCCN(C(=O)Cc2ccc3c(c2)N(C)C(=O)C(C)O3)C1. The number of piperidine rings is 1. The van der Waals surface area contributed by atoms with Crippen LogP contribution in [0.25, 0.3) is 0 Å². The third-order valence-electron chi connectivity index (χ3n) is 4.73. The van der Waals surface area contributed by atoms with Crippen LogP contribution in [0.2, 0.25) is 0 Å². The average molecular weight is 316 g/mol. The van der Waals surface area contributed by atoms with Crippen molar-refractivity contribution in [3.8, 4) is 5.75 Å². The Balaban J connectivity index is 1.74. The van der Waals surface area contributed by atoms with Crippen LogP contribution in [0.5, 0.6) is 5.75 Å². The highest BCUT2D eigenvalue weighted by Gasteiger charge is 2.29. The van der Waals surface area contributed by atoms with Gasteiger partial charge in [0.05, 0.1) is 12.1 Å². The molecule has 0 spiro atoms. The molecule has 0 bridgehead atoms. The monoisotopic (exact) mass is 316 g/mol. The van der Waals surface area contributed by atoms with Gasteiger partial charge in [-0.3, -0.25) is 9.59 Å². The van der Waals surface area contributed by atoms with E-state index in [0.29, 0.717) is 18.1 Å². The minimum atomic E-state index is -0.463. The average Bonchev–Trinajstić information content (AvgIpc) is 2.53. The van der Waals surface area contributed by atoms with Crippen molar-refractivity contribution in [1.29, 1.82) is 0 Å². The van der Waals surface area contributed by atoms with Gasteiger partial charge in [0.15, 0.2) is 6.10 Å². The van der Waals surface area contributed by atoms with Crippen LogP contribution in [0.3, 0.4) is 0 Å². The van der Waals surface area contributed by atoms with E-state index in [2.05, 4.69) is 6.92 Å². The lowest BCUT2D eigenvalue weighted by atomic mass is 9.99. The summed E-state index contributed by atoms with van der Waals surface area (Å²) in [5.41, 5.74) is 1.66. The number of ether oxygens (including phenoxy) is 1. The Hall–Kier alpha value is -2.04. The quantitative estimate of drug-likeness (QED) is 0.841. The van der Waals surface area contributed by atoms with Crippen molar-refractivity contribution in [3.05, 3.63) is 23.8 Å². The Morgan fingerprint density at radius 2 is 2.13 bits per heavy atom. The summed E-state index contributed by atoms with van der Waals surface area (Å²) in [7, 11) is 1.75. The molecule has 1 aromatic rings. The molecule has 5 heteroatoms. The van der Waals surface area contributed by atoms with E-state index < -0.39 is 6.10 Å². The zero-order chi connectivity index (χ0) is 16.6. The zero-order valence-electron chi connectivity index (χ0n) is 14.0. The van der Waals surface area contributed by atoms with Crippen LogP contribution in [0.1, 0.15) is 32.3 Å². The van der Waals surface area contributed by atoms with E-state index in [1.165, 1.54) is 6.42 Å². The number of hydrogen-bond donors (Lipinski definition) is 0. The van der Waals surface area contributed by atoms with Crippen molar-refractivity contribution < 1.29 is 14.3 Å². The highest BCUT2D eigenvalue weighted by atomic mass is 16.5. The predicted molar refractivity (Wildman–Crippen MR) is 88.6 cm³/mol. The lowest BCUT2D eigenvalue weighted by molar-refractivity contribution is -0.132. The molecule has 2 heterocycles. The number of amides is 2. The van der Waals surface area contributed by atoms with Crippen molar-refractivity contribution in [2.75, 3.05) is 25.0 Å². The highest BCUT2D eigenvalue weighted by molar-refractivity contribution is 5.99. The van der Waals surface area contributed by atoms with Crippen LogP contribution in [0.15, 0.2) is 18.2 Å². The van der Waals surface area contributed by atoms with Gasteiger partial charge in [-0.15, -0.1) is 0 Å². The summed E-state index contributed by atoms with van der Waals surface area (Å²) in [6.45, 7) is 5.64. The predicted octanol–water partition coefficient (Wildman–Crippen LogP) is 2.23. The lowest BCUT2D eigenvalue weighted by Gasteiger charge is -2.32. The molecule has 0 aliphatic carbocycles. The van der Waals surface area contributed by atoms with E-state index >= 15 is 0 Å². The minimum Gasteiger partial charge on any atom is -0.479 e. The van der Waals surface area contributed by atoms with Crippen molar-refractivity contribution in [2.45, 2.75) is 39.2 Å². The summed E-state index contributed by atoms with van der Waals surface area (Å²) in [6, 6.07) is 5.67. The first-order valence-corrected chi connectivity index (χ1v) is 8.30. The summed E-state index contributed by atoms with van der Waals surface area (Å²) in [4.78, 5) is 28.1. The number of carbonyl (C=O) groups excluding carboxylic acids is 2. The van der Waals surface area contributed by atoms with E-state index in [1.807, 2.05) is 23.1 Å². The first-order chi connectivity index (χ1) is 11.0.